The average molecular weight is 282 g/mol. The molecule has 4 nitrogen and oxygen atoms in total. The van der Waals surface area contributed by atoms with Gasteiger partial charge in [-0.2, -0.15) is 0 Å². The van der Waals surface area contributed by atoms with Gasteiger partial charge in [-0.1, -0.05) is 6.92 Å². The van der Waals surface area contributed by atoms with Gasteiger partial charge in [-0.3, -0.25) is 4.79 Å². The zero-order valence-corrected chi connectivity index (χ0v) is 13.1. The molecule has 2 fully saturated rings. The number of hydrogen-bond acceptors (Lipinski definition) is 3. The largest absolute Gasteiger partial charge is 0.376 e. The molecule has 2 rings (SSSR count). The Kier molecular flexibility index (Phi) is 6.30. The summed E-state index contributed by atoms with van der Waals surface area (Å²) in [5, 5.41) is 3.39. The molecule has 116 valence electrons. The van der Waals surface area contributed by atoms with Crippen LogP contribution >= 0.6 is 0 Å². The summed E-state index contributed by atoms with van der Waals surface area (Å²) in [6, 6.07) is 0. The highest BCUT2D eigenvalue weighted by atomic mass is 16.5. The summed E-state index contributed by atoms with van der Waals surface area (Å²) >= 11 is 0. The minimum absolute atomic E-state index is 0.271. The van der Waals surface area contributed by atoms with Gasteiger partial charge in [0, 0.05) is 26.1 Å². The van der Waals surface area contributed by atoms with Gasteiger partial charge in [-0.25, -0.2) is 0 Å². The third-order valence-corrected chi connectivity index (χ3v) is 4.87. The monoisotopic (exact) mass is 282 g/mol. The molecular formula is C16H30N2O2. The van der Waals surface area contributed by atoms with E-state index in [0.717, 1.165) is 45.6 Å². The molecule has 0 aromatic rings. The molecular weight excluding hydrogens is 252 g/mol. The predicted octanol–water partition coefficient (Wildman–Crippen LogP) is 2.04. The lowest BCUT2D eigenvalue weighted by molar-refractivity contribution is -0.133. The van der Waals surface area contributed by atoms with E-state index in [1.807, 2.05) is 4.90 Å². The minimum atomic E-state index is 0.271. The number of rotatable bonds is 6. The van der Waals surface area contributed by atoms with Gasteiger partial charge in [0.2, 0.25) is 5.91 Å². The number of likely N-dealkylation sites (N-methyl/N-ethyl adjacent to an activating group) is 1. The second-order valence-electron chi connectivity index (χ2n) is 6.34. The number of nitrogens with zero attached hydrogens (tertiary/aromatic N) is 1. The van der Waals surface area contributed by atoms with Crippen LogP contribution in [-0.4, -0.2) is 49.7 Å². The number of piperidine rings is 1. The highest BCUT2D eigenvalue weighted by molar-refractivity contribution is 5.76. The van der Waals surface area contributed by atoms with Crippen LogP contribution in [0.3, 0.4) is 0 Å². The van der Waals surface area contributed by atoms with Crippen molar-refractivity contribution in [2.45, 2.75) is 52.1 Å². The van der Waals surface area contributed by atoms with Crippen LogP contribution in [0.2, 0.25) is 0 Å². The molecule has 20 heavy (non-hydrogen) atoms. The molecule has 1 amide bonds. The van der Waals surface area contributed by atoms with Crippen LogP contribution < -0.4 is 5.32 Å². The van der Waals surface area contributed by atoms with Crippen molar-refractivity contribution in [2.75, 3.05) is 32.8 Å². The summed E-state index contributed by atoms with van der Waals surface area (Å²) in [7, 11) is 0. The molecule has 1 N–H and O–H groups in total. The third-order valence-electron chi connectivity index (χ3n) is 4.87. The average Bonchev–Trinajstić information content (AvgIpc) is 2.98. The third kappa shape index (κ3) is 4.45. The van der Waals surface area contributed by atoms with E-state index in [-0.39, 0.29) is 6.10 Å². The van der Waals surface area contributed by atoms with Crippen molar-refractivity contribution in [3.8, 4) is 0 Å². The van der Waals surface area contributed by atoms with Crippen molar-refractivity contribution in [2.24, 2.45) is 11.8 Å². The molecule has 2 unspecified atom stereocenters. The van der Waals surface area contributed by atoms with Crippen LogP contribution in [0.4, 0.5) is 0 Å². The smallest absolute Gasteiger partial charge is 0.222 e. The van der Waals surface area contributed by atoms with Crippen molar-refractivity contribution < 1.29 is 9.53 Å². The Morgan fingerprint density at radius 3 is 2.70 bits per heavy atom. The molecule has 0 spiro atoms. The van der Waals surface area contributed by atoms with Gasteiger partial charge >= 0.3 is 0 Å². The Morgan fingerprint density at radius 2 is 2.10 bits per heavy atom. The van der Waals surface area contributed by atoms with Crippen LogP contribution in [0.25, 0.3) is 0 Å². The molecule has 2 aliphatic heterocycles. The Morgan fingerprint density at radius 1 is 1.35 bits per heavy atom. The lowest BCUT2D eigenvalue weighted by Gasteiger charge is -2.30. The van der Waals surface area contributed by atoms with Crippen molar-refractivity contribution in [1.82, 2.24) is 10.2 Å². The van der Waals surface area contributed by atoms with E-state index in [9.17, 15) is 4.79 Å². The minimum Gasteiger partial charge on any atom is -0.376 e. The first-order valence-electron chi connectivity index (χ1n) is 8.30. The molecule has 0 saturated carbocycles. The van der Waals surface area contributed by atoms with Crippen LogP contribution in [0, 0.1) is 11.8 Å². The lowest BCUT2D eigenvalue weighted by Crippen LogP contribution is -2.39. The molecule has 0 aromatic carbocycles. The van der Waals surface area contributed by atoms with Gasteiger partial charge in [-0.15, -0.1) is 0 Å². The van der Waals surface area contributed by atoms with E-state index in [0.29, 0.717) is 24.2 Å². The summed E-state index contributed by atoms with van der Waals surface area (Å²) in [5.41, 5.74) is 0. The van der Waals surface area contributed by atoms with E-state index in [2.05, 4.69) is 19.2 Å². The highest BCUT2D eigenvalue weighted by Crippen LogP contribution is 2.25. The van der Waals surface area contributed by atoms with Gasteiger partial charge < -0.3 is 15.0 Å². The summed E-state index contributed by atoms with van der Waals surface area (Å²) in [5.74, 6) is 1.53. The number of carbonyl (C=O) groups excluding carboxylic acids is 1. The Bertz CT molecular complexity index is 297. The summed E-state index contributed by atoms with van der Waals surface area (Å²) in [4.78, 5) is 14.5. The summed E-state index contributed by atoms with van der Waals surface area (Å²) < 4.78 is 5.65. The normalized spacial score (nSPS) is 25.6. The summed E-state index contributed by atoms with van der Waals surface area (Å²) in [6.45, 7) is 8.98. The fourth-order valence-electron chi connectivity index (χ4n) is 3.43. The molecule has 0 aliphatic carbocycles. The van der Waals surface area contributed by atoms with Crippen LogP contribution in [0.5, 0.6) is 0 Å². The Balaban J connectivity index is 1.78. The topological polar surface area (TPSA) is 41.6 Å². The van der Waals surface area contributed by atoms with Crippen molar-refractivity contribution in [1.29, 1.82) is 0 Å². The van der Waals surface area contributed by atoms with E-state index in [4.69, 9.17) is 4.74 Å². The van der Waals surface area contributed by atoms with Crippen molar-refractivity contribution in [3.05, 3.63) is 0 Å². The SMILES string of the molecule is CCN(CC1CCCO1)C(=O)CC(C)C1CCNCC1. The highest BCUT2D eigenvalue weighted by Gasteiger charge is 2.26. The molecule has 2 saturated heterocycles. The van der Waals surface area contributed by atoms with Gasteiger partial charge in [0.1, 0.15) is 0 Å². The predicted molar refractivity (Wildman–Crippen MR) is 80.6 cm³/mol. The van der Waals surface area contributed by atoms with Crippen LogP contribution in [0.1, 0.15) is 46.0 Å². The fourth-order valence-corrected chi connectivity index (χ4v) is 3.43. The number of carbonyl (C=O) groups is 1. The molecule has 0 aromatic heterocycles. The first-order valence-corrected chi connectivity index (χ1v) is 8.30. The molecule has 4 heteroatoms. The standard InChI is InChI=1S/C16H30N2O2/c1-3-18(12-15-5-4-10-20-15)16(19)11-13(2)14-6-8-17-9-7-14/h13-15,17H,3-12H2,1-2H3. The molecule has 2 aliphatic rings. The number of hydrogen-bond donors (Lipinski definition) is 1. The van der Waals surface area contributed by atoms with Crippen molar-refractivity contribution in [3.63, 3.8) is 0 Å². The summed E-state index contributed by atoms with van der Waals surface area (Å²) in [6.07, 6.45) is 5.65. The fraction of sp³-hybridized carbons (Fsp3) is 0.938. The second kappa shape index (κ2) is 7.99. The molecule has 0 bridgehead atoms. The second-order valence-corrected chi connectivity index (χ2v) is 6.34. The first-order chi connectivity index (χ1) is 9.70. The van der Waals surface area contributed by atoms with Gasteiger partial charge in [-0.05, 0) is 57.5 Å². The van der Waals surface area contributed by atoms with Gasteiger partial charge in [0.05, 0.1) is 6.10 Å². The molecule has 2 atom stereocenters. The first kappa shape index (κ1) is 15.8. The van der Waals surface area contributed by atoms with Crippen LogP contribution in [0.15, 0.2) is 0 Å². The van der Waals surface area contributed by atoms with E-state index in [1.165, 1.54) is 12.8 Å². The zero-order chi connectivity index (χ0) is 14.4. The quantitative estimate of drug-likeness (QED) is 0.810. The van der Waals surface area contributed by atoms with Crippen LogP contribution in [-0.2, 0) is 9.53 Å². The maximum absolute atomic E-state index is 12.5. The van der Waals surface area contributed by atoms with Crippen molar-refractivity contribution >= 4 is 5.91 Å². The lowest BCUT2D eigenvalue weighted by atomic mass is 9.84. The van der Waals surface area contributed by atoms with E-state index in [1.54, 1.807) is 0 Å². The molecule has 2 heterocycles. The number of amides is 1. The Labute approximate surface area is 123 Å². The maximum Gasteiger partial charge on any atom is 0.222 e. The Hall–Kier alpha value is -0.610. The van der Waals surface area contributed by atoms with E-state index >= 15 is 0 Å². The van der Waals surface area contributed by atoms with Gasteiger partial charge in [0.25, 0.3) is 0 Å². The number of nitrogens with one attached hydrogen (secondary N) is 1. The van der Waals surface area contributed by atoms with Gasteiger partial charge in [0.15, 0.2) is 0 Å². The zero-order valence-electron chi connectivity index (χ0n) is 13.1. The molecule has 0 radical (unpaired) electrons. The maximum atomic E-state index is 12.5. The van der Waals surface area contributed by atoms with E-state index < -0.39 is 0 Å². The number of ether oxygens (including phenoxy) is 1.